The molecule has 0 N–H and O–H groups in total. The van der Waals surface area contributed by atoms with Gasteiger partial charge in [-0.1, -0.05) is 19.9 Å². The lowest BCUT2D eigenvalue weighted by molar-refractivity contribution is -0.115. The summed E-state index contributed by atoms with van der Waals surface area (Å²) in [6.45, 7) is 4.01. The Bertz CT molecular complexity index is 271. The third-order valence-electron chi connectivity index (χ3n) is 2.42. The van der Waals surface area contributed by atoms with Crippen molar-refractivity contribution >= 4 is 6.29 Å². The van der Waals surface area contributed by atoms with Gasteiger partial charge in [-0.15, -0.1) is 0 Å². The Morgan fingerprint density at radius 2 is 2.38 bits per heavy atom. The van der Waals surface area contributed by atoms with Gasteiger partial charge in [-0.05, 0) is 24.5 Å². The molecule has 1 heterocycles. The fraction of sp³-hybridized carbons (Fsp3) is 0.455. The molecule has 0 saturated carbocycles. The SMILES string of the molecule is CCC(C)(C=O)Cc1cccnc1. The molecule has 13 heavy (non-hydrogen) atoms. The van der Waals surface area contributed by atoms with Crippen molar-refractivity contribution in [3.63, 3.8) is 0 Å². The Morgan fingerprint density at radius 3 is 2.85 bits per heavy atom. The molecule has 1 atom stereocenters. The molecule has 0 fully saturated rings. The first kappa shape index (κ1) is 9.90. The molecular weight excluding hydrogens is 162 g/mol. The Kier molecular flexibility index (Phi) is 3.18. The topological polar surface area (TPSA) is 30.0 Å². The highest BCUT2D eigenvalue weighted by Crippen LogP contribution is 2.23. The standard InChI is InChI=1S/C11H15NO/c1-3-11(2,9-13)7-10-5-4-6-12-8-10/h4-6,8-9H,3,7H2,1-2H3. The van der Waals surface area contributed by atoms with Gasteiger partial charge in [0.05, 0.1) is 0 Å². The maximum atomic E-state index is 10.8. The number of carbonyl (C=O) groups is 1. The van der Waals surface area contributed by atoms with E-state index in [0.717, 1.165) is 24.7 Å². The maximum absolute atomic E-state index is 10.8. The van der Waals surface area contributed by atoms with Crippen molar-refractivity contribution < 1.29 is 4.79 Å². The van der Waals surface area contributed by atoms with Crippen molar-refractivity contribution in [1.82, 2.24) is 4.98 Å². The molecule has 2 heteroatoms. The summed E-state index contributed by atoms with van der Waals surface area (Å²) in [6, 6.07) is 3.90. The molecule has 0 spiro atoms. The predicted molar refractivity (Wildman–Crippen MR) is 52.4 cm³/mol. The lowest BCUT2D eigenvalue weighted by Crippen LogP contribution is -2.20. The van der Waals surface area contributed by atoms with Crippen LogP contribution in [0.2, 0.25) is 0 Å². The third kappa shape index (κ3) is 2.65. The highest BCUT2D eigenvalue weighted by Gasteiger charge is 2.21. The van der Waals surface area contributed by atoms with E-state index < -0.39 is 0 Å². The predicted octanol–water partition coefficient (Wildman–Crippen LogP) is 2.24. The van der Waals surface area contributed by atoms with Gasteiger partial charge in [0.25, 0.3) is 0 Å². The fourth-order valence-electron chi connectivity index (χ4n) is 1.22. The van der Waals surface area contributed by atoms with Crippen LogP contribution in [-0.2, 0) is 11.2 Å². The minimum absolute atomic E-state index is 0.233. The molecule has 0 radical (unpaired) electrons. The molecule has 0 aromatic carbocycles. The monoisotopic (exact) mass is 177 g/mol. The summed E-state index contributed by atoms with van der Waals surface area (Å²) >= 11 is 0. The van der Waals surface area contributed by atoms with Gasteiger partial charge < -0.3 is 4.79 Å². The van der Waals surface area contributed by atoms with Crippen LogP contribution in [0, 0.1) is 5.41 Å². The summed E-state index contributed by atoms with van der Waals surface area (Å²) < 4.78 is 0. The molecule has 2 nitrogen and oxygen atoms in total. The number of hydrogen-bond donors (Lipinski definition) is 0. The number of aromatic nitrogens is 1. The minimum atomic E-state index is -0.233. The van der Waals surface area contributed by atoms with E-state index >= 15 is 0 Å². The van der Waals surface area contributed by atoms with Crippen LogP contribution in [0.5, 0.6) is 0 Å². The summed E-state index contributed by atoms with van der Waals surface area (Å²) in [5.74, 6) is 0. The summed E-state index contributed by atoms with van der Waals surface area (Å²) in [4.78, 5) is 14.9. The molecule has 70 valence electrons. The zero-order valence-corrected chi connectivity index (χ0v) is 8.16. The van der Waals surface area contributed by atoms with Crippen molar-refractivity contribution in [3.8, 4) is 0 Å². The zero-order chi connectivity index (χ0) is 9.73. The first-order valence-corrected chi connectivity index (χ1v) is 4.55. The van der Waals surface area contributed by atoms with Gasteiger partial charge >= 0.3 is 0 Å². The van der Waals surface area contributed by atoms with Crippen LogP contribution < -0.4 is 0 Å². The van der Waals surface area contributed by atoms with E-state index in [2.05, 4.69) is 4.98 Å². The molecule has 0 bridgehead atoms. The highest BCUT2D eigenvalue weighted by atomic mass is 16.1. The Morgan fingerprint density at radius 1 is 1.62 bits per heavy atom. The molecule has 0 saturated heterocycles. The molecule has 1 unspecified atom stereocenters. The molecule has 0 aliphatic rings. The van der Waals surface area contributed by atoms with E-state index in [1.165, 1.54) is 0 Å². The average Bonchev–Trinajstić information content (AvgIpc) is 2.19. The maximum Gasteiger partial charge on any atom is 0.126 e. The normalized spacial score (nSPS) is 14.9. The van der Waals surface area contributed by atoms with Gasteiger partial charge in [-0.25, -0.2) is 0 Å². The molecule has 1 aromatic rings. The second-order valence-electron chi connectivity index (χ2n) is 3.66. The van der Waals surface area contributed by atoms with Gasteiger partial charge in [-0.3, -0.25) is 4.98 Å². The highest BCUT2D eigenvalue weighted by molar-refractivity contribution is 5.59. The van der Waals surface area contributed by atoms with Gasteiger partial charge in [0.2, 0.25) is 0 Å². The lowest BCUT2D eigenvalue weighted by atomic mass is 9.83. The van der Waals surface area contributed by atoms with Crippen LogP contribution in [0.4, 0.5) is 0 Å². The van der Waals surface area contributed by atoms with Crippen LogP contribution in [0.3, 0.4) is 0 Å². The Labute approximate surface area is 79.0 Å². The second-order valence-corrected chi connectivity index (χ2v) is 3.66. The molecule has 0 aliphatic carbocycles. The smallest absolute Gasteiger partial charge is 0.126 e. The van der Waals surface area contributed by atoms with Crippen molar-refractivity contribution in [2.45, 2.75) is 26.7 Å². The summed E-state index contributed by atoms with van der Waals surface area (Å²) in [5, 5.41) is 0. The van der Waals surface area contributed by atoms with Crippen LogP contribution in [-0.4, -0.2) is 11.3 Å². The third-order valence-corrected chi connectivity index (χ3v) is 2.42. The van der Waals surface area contributed by atoms with E-state index in [0.29, 0.717) is 0 Å². The summed E-state index contributed by atoms with van der Waals surface area (Å²) in [7, 11) is 0. The largest absolute Gasteiger partial charge is 0.303 e. The van der Waals surface area contributed by atoms with E-state index in [9.17, 15) is 4.79 Å². The van der Waals surface area contributed by atoms with Crippen molar-refractivity contribution in [2.24, 2.45) is 5.41 Å². The first-order chi connectivity index (χ1) is 6.20. The molecule has 1 rings (SSSR count). The number of rotatable bonds is 4. The van der Waals surface area contributed by atoms with Gasteiger partial charge in [0, 0.05) is 17.8 Å². The van der Waals surface area contributed by atoms with Crippen LogP contribution in [0.15, 0.2) is 24.5 Å². The van der Waals surface area contributed by atoms with Gasteiger partial charge in [0.15, 0.2) is 0 Å². The number of pyridine rings is 1. The number of carbonyl (C=O) groups excluding carboxylic acids is 1. The zero-order valence-electron chi connectivity index (χ0n) is 8.16. The van der Waals surface area contributed by atoms with Crippen LogP contribution in [0.25, 0.3) is 0 Å². The van der Waals surface area contributed by atoms with E-state index in [4.69, 9.17) is 0 Å². The fourth-order valence-corrected chi connectivity index (χ4v) is 1.22. The van der Waals surface area contributed by atoms with E-state index in [1.807, 2.05) is 32.2 Å². The van der Waals surface area contributed by atoms with Crippen LogP contribution >= 0.6 is 0 Å². The second kappa shape index (κ2) is 4.17. The van der Waals surface area contributed by atoms with Crippen molar-refractivity contribution in [2.75, 3.05) is 0 Å². The van der Waals surface area contributed by atoms with E-state index in [-0.39, 0.29) is 5.41 Å². The number of nitrogens with zero attached hydrogens (tertiary/aromatic N) is 1. The molecular formula is C11H15NO. The van der Waals surface area contributed by atoms with Gasteiger partial charge in [-0.2, -0.15) is 0 Å². The van der Waals surface area contributed by atoms with Crippen molar-refractivity contribution in [3.05, 3.63) is 30.1 Å². The summed E-state index contributed by atoms with van der Waals surface area (Å²) in [6.07, 6.45) is 6.25. The minimum Gasteiger partial charge on any atom is -0.303 e. The van der Waals surface area contributed by atoms with E-state index in [1.54, 1.807) is 6.20 Å². The molecule has 1 aromatic heterocycles. The number of aldehydes is 1. The lowest BCUT2D eigenvalue weighted by Gasteiger charge is -2.20. The Hall–Kier alpha value is -1.18. The van der Waals surface area contributed by atoms with Crippen molar-refractivity contribution in [1.29, 1.82) is 0 Å². The number of hydrogen-bond acceptors (Lipinski definition) is 2. The quantitative estimate of drug-likeness (QED) is 0.660. The molecule has 0 amide bonds. The Balaban J connectivity index is 2.73. The average molecular weight is 177 g/mol. The summed E-state index contributed by atoms with van der Waals surface area (Å²) in [5.41, 5.74) is 0.891. The molecule has 0 aliphatic heterocycles. The first-order valence-electron chi connectivity index (χ1n) is 4.55. The van der Waals surface area contributed by atoms with Gasteiger partial charge in [0.1, 0.15) is 6.29 Å². The van der Waals surface area contributed by atoms with Crippen LogP contribution in [0.1, 0.15) is 25.8 Å².